The highest BCUT2D eigenvalue weighted by molar-refractivity contribution is 5.79. The Balaban J connectivity index is 1.90. The number of esters is 1. The molecule has 148 valence electrons. The third-order valence-electron chi connectivity index (χ3n) is 5.85. The third kappa shape index (κ3) is 4.20. The highest BCUT2D eigenvalue weighted by atomic mass is 16.5. The number of methoxy groups -OCH3 is 3. The fourth-order valence-electron chi connectivity index (χ4n) is 4.37. The van der Waals surface area contributed by atoms with Gasteiger partial charge in [-0.1, -0.05) is 12.8 Å². The van der Waals surface area contributed by atoms with Gasteiger partial charge in [0.2, 0.25) is 5.91 Å². The Bertz CT molecular complexity index is 696. The fraction of sp³-hybridized carbons (Fsp3) is 0.619. The molecule has 1 unspecified atom stereocenters. The molecule has 0 aromatic heterocycles. The van der Waals surface area contributed by atoms with Crippen LogP contribution in [0.25, 0.3) is 0 Å². The van der Waals surface area contributed by atoms with E-state index in [-0.39, 0.29) is 24.3 Å². The molecule has 6 heteroatoms. The normalized spacial score (nSPS) is 19.5. The number of hydrogen-bond acceptors (Lipinski definition) is 5. The number of benzene rings is 1. The zero-order chi connectivity index (χ0) is 19.4. The second-order valence-corrected chi connectivity index (χ2v) is 7.39. The van der Waals surface area contributed by atoms with Gasteiger partial charge < -0.3 is 19.1 Å². The predicted molar refractivity (Wildman–Crippen MR) is 101 cm³/mol. The predicted octanol–water partition coefficient (Wildman–Crippen LogP) is 3.27. The van der Waals surface area contributed by atoms with Crippen LogP contribution in [0, 0.1) is 5.92 Å². The summed E-state index contributed by atoms with van der Waals surface area (Å²) in [7, 11) is 4.58. The van der Waals surface area contributed by atoms with Gasteiger partial charge in [-0.3, -0.25) is 9.59 Å². The largest absolute Gasteiger partial charge is 0.493 e. The smallest absolute Gasteiger partial charge is 0.307 e. The van der Waals surface area contributed by atoms with Crippen molar-refractivity contribution in [3.05, 3.63) is 23.3 Å². The van der Waals surface area contributed by atoms with Crippen LogP contribution in [0.5, 0.6) is 11.5 Å². The van der Waals surface area contributed by atoms with Crippen LogP contribution in [-0.4, -0.2) is 44.7 Å². The highest BCUT2D eigenvalue weighted by Crippen LogP contribution is 2.40. The molecule has 0 saturated heterocycles. The second-order valence-electron chi connectivity index (χ2n) is 7.39. The number of amides is 1. The third-order valence-corrected chi connectivity index (χ3v) is 5.85. The van der Waals surface area contributed by atoms with E-state index in [4.69, 9.17) is 14.2 Å². The van der Waals surface area contributed by atoms with Gasteiger partial charge in [0, 0.05) is 13.0 Å². The van der Waals surface area contributed by atoms with Crippen LogP contribution in [0.15, 0.2) is 12.1 Å². The molecule has 1 amide bonds. The van der Waals surface area contributed by atoms with Crippen molar-refractivity contribution in [2.75, 3.05) is 27.9 Å². The summed E-state index contributed by atoms with van der Waals surface area (Å²) in [4.78, 5) is 27.0. The Morgan fingerprint density at radius 2 is 1.70 bits per heavy atom. The van der Waals surface area contributed by atoms with Crippen LogP contribution in [-0.2, 0) is 20.7 Å². The maximum atomic E-state index is 13.0. The minimum Gasteiger partial charge on any atom is -0.493 e. The van der Waals surface area contributed by atoms with Gasteiger partial charge in [-0.05, 0) is 48.4 Å². The second kappa shape index (κ2) is 8.63. The van der Waals surface area contributed by atoms with E-state index in [0.29, 0.717) is 30.4 Å². The van der Waals surface area contributed by atoms with Crippen molar-refractivity contribution in [1.29, 1.82) is 0 Å². The molecule has 0 radical (unpaired) electrons. The number of ether oxygens (including phenoxy) is 3. The maximum Gasteiger partial charge on any atom is 0.307 e. The molecule has 1 saturated carbocycles. The van der Waals surface area contributed by atoms with E-state index in [0.717, 1.165) is 30.4 Å². The number of carbonyl (C=O) groups excluding carboxylic acids is 2. The number of fused-ring (bicyclic) bond motifs is 1. The lowest BCUT2D eigenvalue weighted by molar-refractivity contribution is -0.144. The van der Waals surface area contributed by atoms with Gasteiger partial charge >= 0.3 is 5.97 Å². The molecule has 1 fully saturated rings. The lowest BCUT2D eigenvalue weighted by atomic mass is 9.89. The average molecular weight is 375 g/mol. The lowest BCUT2D eigenvalue weighted by Crippen LogP contribution is -2.41. The van der Waals surface area contributed by atoms with E-state index in [9.17, 15) is 9.59 Å². The molecular formula is C21H29NO5. The van der Waals surface area contributed by atoms with Gasteiger partial charge in [-0.15, -0.1) is 0 Å². The van der Waals surface area contributed by atoms with Gasteiger partial charge in [0.1, 0.15) is 0 Å². The van der Waals surface area contributed by atoms with Gasteiger partial charge in [0.25, 0.3) is 0 Å². The molecule has 3 rings (SSSR count). The van der Waals surface area contributed by atoms with Crippen molar-refractivity contribution >= 4 is 11.9 Å². The zero-order valence-electron chi connectivity index (χ0n) is 16.5. The first-order valence-corrected chi connectivity index (χ1v) is 9.68. The molecule has 1 heterocycles. The number of hydrogen-bond donors (Lipinski definition) is 0. The van der Waals surface area contributed by atoms with Crippen LogP contribution in [0.1, 0.15) is 55.7 Å². The average Bonchev–Trinajstić information content (AvgIpc) is 3.19. The number of nitrogens with zero attached hydrogens (tertiary/aromatic N) is 1. The summed E-state index contributed by atoms with van der Waals surface area (Å²) < 4.78 is 15.7. The highest BCUT2D eigenvalue weighted by Gasteiger charge is 2.35. The van der Waals surface area contributed by atoms with Crippen molar-refractivity contribution < 1.29 is 23.8 Å². The molecule has 1 atom stereocenters. The van der Waals surface area contributed by atoms with Gasteiger partial charge in [0.15, 0.2) is 11.5 Å². The maximum absolute atomic E-state index is 13.0. The van der Waals surface area contributed by atoms with Crippen molar-refractivity contribution in [1.82, 2.24) is 4.90 Å². The Morgan fingerprint density at radius 3 is 2.33 bits per heavy atom. The Labute approximate surface area is 160 Å². The van der Waals surface area contributed by atoms with E-state index in [2.05, 4.69) is 0 Å². The molecule has 1 aliphatic heterocycles. The quantitative estimate of drug-likeness (QED) is 0.714. The zero-order valence-corrected chi connectivity index (χ0v) is 16.5. The summed E-state index contributed by atoms with van der Waals surface area (Å²) >= 11 is 0. The summed E-state index contributed by atoms with van der Waals surface area (Å²) in [5.41, 5.74) is 2.04. The van der Waals surface area contributed by atoms with E-state index >= 15 is 0 Å². The first kappa shape index (κ1) is 19.5. The van der Waals surface area contributed by atoms with Crippen LogP contribution in [0.3, 0.4) is 0 Å². The standard InChI is InChI=1S/C21H29NO5/c1-25-18-11-15-8-9-22(20(23)10-14-6-4-5-7-14)17(13-21(24)27-3)16(15)12-19(18)26-2/h11-12,14,17H,4-10,13H2,1-3H3. The van der Waals surface area contributed by atoms with Crippen molar-refractivity contribution in [3.8, 4) is 11.5 Å². The fourth-order valence-corrected chi connectivity index (χ4v) is 4.37. The van der Waals surface area contributed by atoms with E-state index in [1.54, 1.807) is 14.2 Å². The molecule has 0 N–H and O–H groups in total. The topological polar surface area (TPSA) is 65.1 Å². The monoisotopic (exact) mass is 375 g/mol. The van der Waals surface area contributed by atoms with Crippen molar-refractivity contribution in [2.24, 2.45) is 5.92 Å². The van der Waals surface area contributed by atoms with Crippen LogP contribution in [0.4, 0.5) is 0 Å². The first-order chi connectivity index (χ1) is 13.1. The molecule has 2 aliphatic rings. The van der Waals surface area contributed by atoms with Gasteiger partial charge in [-0.2, -0.15) is 0 Å². The van der Waals surface area contributed by atoms with Crippen LogP contribution >= 0.6 is 0 Å². The van der Waals surface area contributed by atoms with Gasteiger partial charge in [0.05, 0.1) is 33.8 Å². The van der Waals surface area contributed by atoms with Gasteiger partial charge in [-0.25, -0.2) is 0 Å². The van der Waals surface area contributed by atoms with Crippen molar-refractivity contribution in [2.45, 2.75) is 51.0 Å². The molecule has 0 spiro atoms. The minimum absolute atomic E-state index is 0.135. The minimum atomic E-state index is -0.324. The molecule has 1 aromatic rings. The summed E-state index contributed by atoms with van der Waals surface area (Å²) in [5, 5.41) is 0. The molecule has 6 nitrogen and oxygen atoms in total. The van der Waals surface area contributed by atoms with E-state index < -0.39 is 0 Å². The molecular weight excluding hydrogens is 346 g/mol. The Kier molecular flexibility index (Phi) is 6.24. The SMILES string of the molecule is COC(=O)CC1c2cc(OC)c(OC)cc2CCN1C(=O)CC1CCCC1. The molecule has 1 aliphatic carbocycles. The molecule has 27 heavy (non-hydrogen) atoms. The number of carbonyl (C=O) groups is 2. The number of rotatable bonds is 6. The van der Waals surface area contributed by atoms with Crippen molar-refractivity contribution in [3.63, 3.8) is 0 Å². The summed E-state index contributed by atoms with van der Waals surface area (Å²) in [6, 6.07) is 3.53. The summed E-state index contributed by atoms with van der Waals surface area (Å²) in [5.74, 6) is 1.57. The van der Waals surface area contributed by atoms with Crippen LogP contribution in [0.2, 0.25) is 0 Å². The van der Waals surface area contributed by atoms with E-state index in [1.165, 1.54) is 20.0 Å². The lowest BCUT2D eigenvalue weighted by Gasteiger charge is -2.38. The molecule has 0 bridgehead atoms. The summed E-state index contributed by atoms with van der Waals surface area (Å²) in [6.45, 7) is 0.607. The Hall–Kier alpha value is -2.24. The Morgan fingerprint density at radius 1 is 1.04 bits per heavy atom. The van der Waals surface area contributed by atoms with Crippen LogP contribution < -0.4 is 9.47 Å². The van der Waals surface area contributed by atoms with E-state index in [1.807, 2.05) is 17.0 Å². The molecule has 1 aromatic carbocycles. The summed E-state index contributed by atoms with van der Waals surface area (Å²) in [6.07, 6.45) is 6.14. The first-order valence-electron chi connectivity index (χ1n) is 9.68.